The number of allylic oxidation sites excluding steroid dienone is 2. The molecule has 0 aromatic carbocycles. The third-order valence-electron chi connectivity index (χ3n) is 2.83. The van der Waals surface area contributed by atoms with Gasteiger partial charge in [-0.1, -0.05) is 11.6 Å². The lowest BCUT2D eigenvalue weighted by atomic mass is 9.96. The third kappa shape index (κ3) is 1.24. The molecular formula is C10H14O. The Kier molecular flexibility index (Phi) is 1.80. The Morgan fingerprint density at radius 1 is 1.27 bits per heavy atom. The number of rotatable bonds is 1. The van der Waals surface area contributed by atoms with Crippen LogP contribution in [0.1, 0.15) is 38.5 Å². The van der Waals surface area contributed by atoms with Crippen LogP contribution in [-0.2, 0) is 4.79 Å². The molecule has 0 aliphatic heterocycles. The number of carbonyl (C=O) groups excluding carboxylic acids is 1. The second kappa shape index (κ2) is 2.80. The second-order valence-corrected chi connectivity index (χ2v) is 3.58. The van der Waals surface area contributed by atoms with Gasteiger partial charge in [0.15, 0.2) is 0 Å². The maximum atomic E-state index is 11.3. The van der Waals surface area contributed by atoms with Gasteiger partial charge in [-0.05, 0) is 32.1 Å². The van der Waals surface area contributed by atoms with Gasteiger partial charge < -0.3 is 0 Å². The van der Waals surface area contributed by atoms with Crippen molar-refractivity contribution in [3.8, 4) is 0 Å². The van der Waals surface area contributed by atoms with Crippen LogP contribution < -0.4 is 0 Å². The summed E-state index contributed by atoms with van der Waals surface area (Å²) in [7, 11) is 0. The third-order valence-corrected chi connectivity index (χ3v) is 2.83. The first-order valence-electron chi connectivity index (χ1n) is 4.59. The highest BCUT2D eigenvalue weighted by Crippen LogP contribution is 2.34. The van der Waals surface area contributed by atoms with Crippen LogP contribution in [0.15, 0.2) is 11.6 Å². The summed E-state index contributed by atoms with van der Waals surface area (Å²) in [6.45, 7) is 0. The van der Waals surface area contributed by atoms with Crippen LogP contribution in [0.3, 0.4) is 0 Å². The lowest BCUT2D eigenvalue weighted by Gasteiger charge is -2.07. The van der Waals surface area contributed by atoms with Crippen LogP contribution in [0.2, 0.25) is 0 Å². The van der Waals surface area contributed by atoms with E-state index >= 15 is 0 Å². The summed E-state index contributed by atoms with van der Waals surface area (Å²) < 4.78 is 0. The molecule has 0 aromatic rings. The van der Waals surface area contributed by atoms with Crippen LogP contribution >= 0.6 is 0 Å². The zero-order valence-electron chi connectivity index (χ0n) is 6.81. The standard InChI is InChI=1S/C10H14O/c11-10-7-3-6-9(10)8-4-1-2-5-8/h4,9H,1-3,5-7H2/t9-/m1/s1. The molecule has 2 rings (SSSR count). The Morgan fingerprint density at radius 2 is 2.18 bits per heavy atom. The van der Waals surface area contributed by atoms with Crippen LogP contribution in [-0.4, -0.2) is 5.78 Å². The molecule has 1 atom stereocenters. The molecule has 2 aliphatic carbocycles. The molecule has 0 bridgehead atoms. The first-order valence-corrected chi connectivity index (χ1v) is 4.59. The largest absolute Gasteiger partial charge is 0.299 e. The Balaban J connectivity index is 2.08. The normalized spacial score (nSPS) is 31.1. The van der Waals surface area contributed by atoms with E-state index in [1.807, 2.05) is 0 Å². The van der Waals surface area contributed by atoms with E-state index in [0.717, 1.165) is 19.3 Å². The van der Waals surface area contributed by atoms with Crippen LogP contribution in [0.5, 0.6) is 0 Å². The Labute approximate surface area is 67.5 Å². The average Bonchev–Trinajstić information content (AvgIpc) is 2.55. The zero-order valence-corrected chi connectivity index (χ0v) is 6.81. The molecular weight excluding hydrogens is 136 g/mol. The summed E-state index contributed by atoms with van der Waals surface area (Å²) in [5, 5.41) is 0. The van der Waals surface area contributed by atoms with E-state index in [1.165, 1.54) is 24.8 Å². The van der Waals surface area contributed by atoms with Crippen molar-refractivity contribution in [2.24, 2.45) is 5.92 Å². The fourth-order valence-electron chi connectivity index (χ4n) is 2.22. The van der Waals surface area contributed by atoms with E-state index in [4.69, 9.17) is 0 Å². The van der Waals surface area contributed by atoms with Crippen molar-refractivity contribution in [2.45, 2.75) is 38.5 Å². The maximum absolute atomic E-state index is 11.3. The van der Waals surface area contributed by atoms with Crippen LogP contribution in [0.25, 0.3) is 0 Å². The van der Waals surface area contributed by atoms with Gasteiger partial charge in [0.05, 0.1) is 0 Å². The minimum absolute atomic E-state index is 0.345. The minimum Gasteiger partial charge on any atom is -0.299 e. The first kappa shape index (κ1) is 7.08. The molecule has 1 fully saturated rings. The van der Waals surface area contributed by atoms with Gasteiger partial charge in [-0.15, -0.1) is 0 Å². The van der Waals surface area contributed by atoms with Crippen molar-refractivity contribution in [1.29, 1.82) is 0 Å². The minimum atomic E-state index is 0.345. The Hall–Kier alpha value is -0.590. The van der Waals surface area contributed by atoms with Crippen molar-refractivity contribution < 1.29 is 4.79 Å². The van der Waals surface area contributed by atoms with Crippen molar-refractivity contribution in [3.05, 3.63) is 11.6 Å². The van der Waals surface area contributed by atoms with Gasteiger partial charge in [0.1, 0.15) is 5.78 Å². The van der Waals surface area contributed by atoms with Gasteiger partial charge in [0.2, 0.25) is 0 Å². The van der Waals surface area contributed by atoms with E-state index in [9.17, 15) is 4.79 Å². The lowest BCUT2D eigenvalue weighted by molar-refractivity contribution is -0.119. The van der Waals surface area contributed by atoms with E-state index < -0.39 is 0 Å². The van der Waals surface area contributed by atoms with E-state index in [-0.39, 0.29) is 0 Å². The maximum Gasteiger partial charge on any atom is 0.139 e. The predicted octanol–water partition coefficient (Wildman–Crippen LogP) is 2.47. The molecule has 11 heavy (non-hydrogen) atoms. The molecule has 0 spiro atoms. The number of Topliss-reactive ketones (excluding diaryl/α,β-unsaturated/α-hetero) is 1. The van der Waals surface area contributed by atoms with Gasteiger partial charge in [-0.2, -0.15) is 0 Å². The van der Waals surface area contributed by atoms with E-state index in [2.05, 4.69) is 6.08 Å². The number of hydrogen-bond donors (Lipinski definition) is 0. The quantitative estimate of drug-likeness (QED) is 0.525. The summed E-state index contributed by atoms with van der Waals surface area (Å²) in [5.41, 5.74) is 1.45. The molecule has 0 N–H and O–H groups in total. The SMILES string of the molecule is O=C1CCC[C@@H]1C1=CCCC1. The lowest BCUT2D eigenvalue weighted by Crippen LogP contribution is -2.07. The molecule has 1 saturated carbocycles. The summed E-state index contributed by atoms with van der Waals surface area (Å²) in [6, 6.07) is 0. The molecule has 0 saturated heterocycles. The van der Waals surface area contributed by atoms with Gasteiger partial charge >= 0.3 is 0 Å². The molecule has 0 heterocycles. The Morgan fingerprint density at radius 3 is 2.73 bits per heavy atom. The van der Waals surface area contributed by atoms with Crippen molar-refractivity contribution in [3.63, 3.8) is 0 Å². The van der Waals surface area contributed by atoms with Gasteiger partial charge in [0, 0.05) is 12.3 Å². The van der Waals surface area contributed by atoms with Crippen molar-refractivity contribution in [2.75, 3.05) is 0 Å². The topological polar surface area (TPSA) is 17.1 Å². The molecule has 0 radical (unpaired) electrons. The fourth-order valence-corrected chi connectivity index (χ4v) is 2.22. The molecule has 0 amide bonds. The summed E-state index contributed by atoms with van der Waals surface area (Å²) in [5.74, 6) is 0.843. The Bertz CT molecular complexity index is 203. The molecule has 1 nitrogen and oxygen atoms in total. The number of hydrogen-bond acceptors (Lipinski definition) is 1. The van der Waals surface area contributed by atoms with E-state index in [1.54, 1.807) is 0 Å². The van der Waals surface area contributed by atoms with Gasteiger partial charge in [-0.3, -0.25) is 4.79 Å². The van der Waals surface area contributed by atoms with Gasteiger partial charge in [0.25, 0.3) is 0 Å². The monoisotopic (exact) mass is 150 g/mol. The smallest absolute Gasteiger partial charge is 0.139 e. The first-order chi connectivity index (χ1) is 5.38. The zero-order chi connectivity index (χ0) is 7.68. The molecule has 0 unspecified atom stereocenters. The fraction of sp³-hybridized carbons (Fsp3) is 0.700. The van der Waals surface area contributed by atoms with Crippen LogP contribution in [0, 0.1) is 5.92 Å². The van der Waals surface area contributed by atoms with E-state index in [0.29, 0.717) is 11.7 Å². The van der Waals surface area contributed by atoms with Gasteiger partial charge in [-0.25, -0.2) is 0 Å². The second-order valence-electron chi connectivity index (χ2n) is 3.58. The van der Waals surface area contributed by atoms with Crippen LogP contribution in [0.4, 0.5) is 0 Å². The molecule has 1 heteroatoms. The molecule has 60 valence electrons. The summed E-state index contributed by atoms with van der Waals surface area (Å²) >= 11 is 0. The summed E-state index contributed by atoms with van der Waals surface area (Å²) in [6.07, 6.45) is 9.05. The molecule has 0 aromatic heterocycles. The van der Waals surface area contributed by atoms with Crippen molar-refractivity contribution in [1.82, 2.24) is 0 Å². The molecule has 2 aliphatic rings. The number of carbonyl (C=O) groups is 1. The highest BCUT2D eigenvalue weighted by molar-refractivity contribution is 5.85. The van der Waals surface area contributed by atoms with Crippen molar-refractivity contribution >= 4 is 5.78 Å². The highest BCUT2D eigenvalue weighted by Gasteiger charge is 2.28. The predicted molar refractivity (Wildman–Crippen MR) is 44.3 cm³/mol. The average molecular weight is 150 g/mol. The summed E-state index contributed by atoms with van der Waals surface area (Å²) in [4.78, 5) is 11.3. The highest BCUT2D eigenvalue weighted by atomic mass is 16.1. The number of ketones is 1.